The van der Waals surface area contributed by atoms with Gasteiger partial charge in [0.2, 0.25) is 25.8 Å². The molecule has 14 heteroatoms. The highest BCUT2D eigenvalue weighted by atomic mass is 32.2. The van der Waals surface area contributed by atoms with Crippen LogP contribution in [0.5, 0.6) is 0 Å². The summed E-state index contributed by atoms with van der Waals surface area (Å²) in [6.45, 7) is 0.418. The van der Waals surface area contributed by atoms with Crippen molar-refractivity contribution in [2.24, 2.45) is 5.92 Å². The Labute approximate surface area is 176 Å². The van der Waals surface area contributed by atoms with Gasteiger partial charge in [-0.2, -0.15) is 0 Å². The Bertz CT molecular complexity index is 1170. The summed E-state index contributed by atoms with van der Waals surface area (Å²) in [5.74, 6) is -0.996. The van der Waals surface area contributed by atoms with Crippen molar-refractivity contribution in [3.05, 3.63) is 40.6 Å². The second kappa shape index (κ2) is 8.37. The summed E-state index contributed by atoms with van der Waals surface area (Å²) in [4.78, 5) is 26.4. The monoisotopic (exact) mass is 474 g/mol. The molecule has 1 atom stereocenters. The Morgan fingerprint density at radius 3 is 2.53 bits per heavy atom. The van der Waals surface area contributed by atoms with E-state index in [4.69, 9.17) is 0 Å². The number of sulfonamides is 1. The zero-order valence-corrected chi connectivity index (χ0v) is 18.2. The smallest absolute Gasteiger partial charge is 0.269 e. The van der Waals surface area contributed by atoms with E-state index in [9.17, 15) is 31.7 Å². The molecule has 1 aromatic carbocycles. The predicted molar refractivity (Wildman–Crippen MR) is 108 cm³/mol. The maximum absolute atomic E-state index is 12.7. The molecule has 2 heterocycles. The van der Waals surface area contributed by atoms with Crippen molar-refractivity contribution in [3.8, 4) is 0 Å². The SMILES string of the molecule is CS(=O)(=O)N1CCCC(C(=O)Nc2ncc(S(=O)(=O)c3ccc([N+](=O)[O-])cc3)s2)C1. The van der Waals surface area contributed by atoms with Gasteiger partial charge in [-0.15, -0.1) is 0 Å². The van der Waals surface area contributed by atoms with Gasteiger partial charge < -0.3 is 5.32 Å². The van der Waals surface area contributed by atoms with Gasteiger partial charge >= 0.3 is 0 Å². The number of hydrogen-bond acceptors (Lipinski definition) is 9. The normalized spacial score (nSPS) is 18.1. The first kappa shape index (κ1) is 22.3. The third kappa shape index (κ3) is 4.83. The van der Waals surface area contributed by atoms with Crippen LogP contribution in [0.2, 0.25) is 0 Å². The summed E-state index contributed by atoms with van der Waals surface area (Å²) in [5.41, 5.74) is -0.234. The molecule has 1 N–H and O–H groups in total. The molecule has 11 nitrogen and oxygen atoms in total. The fraction of sp³-hybridized carbons (Fsp3) is 0.375. The largest absolute Gasteiger partial charge is 0.302 e. The summed E-state index contributed by atoms with van der Waals surface area (Å²) in [6, 6.07) is 4.45. The van der Waals surface area contributed by atoms with E-state index in [1.165, 1.54) is 4.31 Å². The van der Waals surface area contributed by atoms with Crippen LogP contribution >= 0.6 is 11.3 Å². The number of nitro groups is 1. The number of hydrogen-bond donors (Lipinski definition) is 1. The highest BCUT2D eigenvalue weighted by Crippen LogP contribution is 2.30. The molecule has 162 valence electrons. The number of carbonyl (C=O) groups excluding carboxylic acids is 1. The van der Waals surface area contributed by atoms with Crippen molar-refractivity contribution in [3.63, 3.8) is 0 Å². The van der Waals surface area contributed by atoms with Crippen LogP contribution in [-0.2, 0) is 24.7 Å². The molecule has 1 unspecified atom stereocenters. The first-order valence-electron chi connectivity index (χ1n) is 8.70. The van der Waals surface area contributed by atoms with Gasteiger partial charge in [0.15, 0.2) is 5.13 Å². The van der Waals surface area contributed by atoms with Crippen molar-refractivity contribution in [1.82, 2.24) is 9.29 Å². The van der Waals surface area contributed by atoms with Crippen molar-refractivity contribution in [1.29, 1.82) is 0 Å². The number of carbonyl (C=O) groups is 1. The van der Waals surface area contributed by atoms with E-state index < -0.39 is 36.6 Å². The second-order valence-electron chi connectivity index (χ2n) is 6.69. The van der Waals surface area contributed by atoms with E-state index in [1.54, 1.807) is 0 Å². The van der Waals surface area contributed by atoms with Crippen molar-refractivity contribution < 1.29 is 26.6 Å². The fourth-order valence-electron chi connectivity index (χ4n) is 2.97. The van der Waals surface area contributed by atoms with Crippen LogP contribution in [0.1, 0.15) is 12.8 Å². The Hall–Kier alpha value is -2.42. The number of nitrogens with zero attached hydrogens (tertiary/aromatic N) is 3. The summed E-state index contributed by atoms with van der Waals surface area (Å²) in [6.07, 6.45) is 3.24. The molecule has 0 bridgehead atoms. The molecule has 0 radical (unpaired) electrons. The van der Waals surface area contributed by atoms with Gasteiger partial charge in [-0.25, -0.2) is 26.1 Å². The molecule has 1 aliphatic heterocycles. The van der Waals surface area contributed by atoms with Gasteiger partial charge in [-0.1, -0.05) is 11.3 Å². The summed E-state index contributed by atoms with van der Waals surface area (Å²) in [5, 5.41) is 13.3. The maximum Gasteiger partial charge on any atom is 0.269 e. The van der Waals surface area contributed by atoms with E-state index in [0.29, 0.717) is 19.4 Å². The third-order valence-corrected chi connectivity index (χ3v) is 8.97. The van der Waals surface area contributed by atoms with Crippen LogP contribution in [0.3, 0.4) is 0 Å². The van der Waals surface area contributed by atoms with Gasteiger partial charge in [0.25, 0.3) is 5.69 Å². The third-order valence-electron chi connectivity index (χ3n) is 4.56. The van der Waals surface area contributed by atoms with E-state index in [2.05, 4.69) is 10.3 Å². The molecule has 30 heavy (non-hydrogen) atoms. The Morgan fingerprint density at radius 1 is 1.27 bits per heavy atom. The minimum Gasteiger partial charge on any atom is -0.302 e. The number of nitrogens with one attached hydrogen (secondary N) is 1. The average Bonchev–Trinajstić information content (AvgIpc) is 3.17. The second-order valence-corrected chi connectivity index (χ2v) is 11.9. The minimum absolute atomic E-state index is 0.0595. The Morgan fingerprint density at radius 2 is 1.93 bits per heavy atom. The number of thiazole rings is 1. The van der Waals surface area contributed by atoms with Crippen molar-refractivity contribution in [2.75, 3.05) is 24.7 Å². The van der Waals surface area contributed by atoms with Crippen molar-refractivity contribution >= 4 is 47.9 Å². The van der Waals surface area contributed by atoms with Gasteiger partial charge in [0, 0.05) is 25.2 Å². The van der Waals surface area contributed by atoms with Crippen LogP contribution < -0.4 is 5.32 Å². The van der Waals surface area contributed by atoms with Gasteiger partial charge in [0.1, 0.15) is 4.21 Å². The number of amides is 1. The molecular weight excluding hydrogens is 456 g/mol. The lowest BCUT2D eigenvalue weighted by Crippen LogP contribution is -2.43. The first-order chi connectivity index (χ1) is 14.0. The molecule has 2 aromatic rings. The predicted octanol–water partition coefficient (Wildman–Crippen LogP) is 1.49. The molecule has 0 saturated carbocycles. The van der Waals surface area contributed by atoms with Crippen LogP contribution in [0, 0.1) is 16.0 Å². The quantitative estimate of drug-likeness (QED) is 0.487. The molecule has 1 amide bonds. The number of anilines is 1. The highest BCUT2D eigenvalue weighted by molar-refractivity contribution is 7.93. The number of sulfone groups is 1. The molecule has 0 aliphatic carbocycles. The molecule has 1 fully saturated rings. The molecule has 0 spiro atoms. The summed E-state index contributed by atoms with van der Waals surface area (Å²) >= 11 is 0.747. The van der Waals surface area contributed by atoms with E-state index in [0.717, 1.165) is 48.1 Å². The van der Waals surface area contributed by atoms with Crippen LogP contribution in [0.25, 0.3) is 0 Å². The number of non-ortho nitro benzene ring substituents is 1. The van der Waals surface area contributed by atoms with Crippen LogP contribution in [0.15, 0.2) is 39.6 Å². The van der Waals surface area contributed by atoms with Gasteiger partial charge in [-0.05, 0) is 25.0 Å². The average molecular weight is 475 g/mol. The standard InChI is InChI=1S/C16H18N4O7S3/c1-29(24,25)19-8-2-3-11(10-19)15(21)18-16-17-9-14(28-16)30(26,27)13-6-4-12(5-7-13)20(22)23/h4-7,9,11H,2-3,8,10H2,1H3,(H,17,18,21). The first-order valence-corrected chi connectivity index (χ1v) is 12.8. The van der Waals surface area contributed by atoms with Crippen molar-refractivity contribution in [2.45, 2.75) is 21.9 Å². The number of rotatable bonds is 6. The number of piperidine rings is 1. The minimum atomic E-state index is -3.95. The fourth-order valence-corrected chi connectivity index (χ4v) is 6.32. The summed E-state index contributed by atoms with van der Waals surface area (Å²) in [7, 11) is -7.36. The highest BCUT2D eigenvalue weighted by Gasteiger charge is 2.31. The lowest BCUT2D eigenvalue weighted by molar-refractivity contribution is -0.384. The zero-order valence-electron chi connectivity index (χ0n) is 15.7. The molecule has 1 saturated heterocycles. The van der Waals surface area contributed by atoms with E-state index in [1.807, 2.05) is 0 Å². The summed E-state index contributed by atoms with van der Waals surface area (Å²) < 4.78 is 49.9. The number of nitro benzene ring substituents is 1. The van der Waals surface area contributed by atoms with Crippen LogP contribution in [0.4, 0.5) is 10.8 Å². The van der Waals surface area contributed by atoms with Crippen LogP contribution in [-0.4, -0.2) is 56.3 Å². The molecular formula is C16H18N4O7S3. The van der Waals surface area contributed by atoms with E-state index >= 15 is 0 Å². The zero-order chi connectivity index (χ0) is 22.1. The number of benzene rings is 1. The lowest BCUT2D eigenvalue weighted by Gasteiger charge is -2.29. The van der Waals surface area contributed by atoms with E-state index in [-0.39, 0.29) is 26.5 Å². The van der Waals surface area contributed by atoms with Gasteiger partial charge in [0.05, 0.1) is 28.2 Å². The lowest BCUT2D eigenvalue weighted by atomic mass is 9.99. The Kier molecular flexibility index (Phi) is 6.21. The number of aromatic nitrogens is 1. The topological polar surface area (TPSA) is 157 Å². The molecule has 1 aliphatic rings. The maximum atomic E-state index is 12.7. The molecule has 1 aromatic heterocycles. The Balaban J connectivity index is 1.72. The van der Waals surface area contributed by atoms with Gasteiger partial charge in [-0.3, -0.25) is 14.9 Å². The molecule has 3 rings (SSSR count).